The lowest BCUT2D eigenvalue weighted by molar-refractivity contribution is -0.278. The van der Waals surface area contributed by atoms with Gasteiger partial charge in [-0.25, -0.2) is 0 Å². The first-order valence-corrected chi connectivity index (χ1v) is 17.4. The lowest BCUT2D eigenvalue weighted by atomic mass is 9.85. The number of carbonyl (C=O) groups is 2. The van der Waals surface area contributed by atoms with E-state index in [1.165, 1.54) is 28.1 Å². The molecule has 14 atom stereocenters. The predicted molar refractivity (Wildman–Crippen MR) is 178 cm³/mol. The highest BCUT2D eigenvalue weighted by Gasteiger charge is 2.50. The third-order valence-corrected chi connectivity index (χ3v) is 10.0. The van der Waals surface area contributed by atoms with Crippen LogP contribution in [0.4, 0.5) is 0 Å². The normalized spacial score (nSPS) is 36.2. The average molecular weight is 767 g/mol. The van der Waals surface area contributed by atoms with E-state index in [2.05, 4.69) is 0 Å². The Morgan fingerprint density at radius 1 is 0.593 bits per heavy atom. The van der Waals surface area contributed by atoms with Gasteiger partial charge in [-0.1, -0.05) is 12.1 Å². The molecule has 0 radical (unpaired) electrons. The van der Waals surface area contributed by atoms with Gasteiger partial charge in [-0.05, 0) is 35.4 Å². The molecule has 54 heavy (non-hydrogen) atoms. The first kappa shape index (κ1) is 39.9. The minimum atomic E-state index is -1.63. The summed E-state index contributed by atoms with van der Waals surface area (Å²) in [5, 5.41) is 62.5. The molecule has 18 heteroatoms. The van der Waals surface area contributed by atoms with Crippen molar-refractivity contribution < 1.29 is 87.6 Å². The largest absolute Gasteiger partial charge is 0.493 e. The van der Waals surface area contributed by atoms with E-state index in [0.717, 1.165) is 11.1 Å². The zero-order chi connectivity index (χ0) is 38.8. The van der Waals surface area contributed by atoms with Crippen LogP contribution >= 0.6 is 0 Å². The van der Waals surface area contributed by atoms with Crippen LogP contribution < -0.4 is 18.9 Å². The van der Waals surface area contributed by atoms with Crippen molar-refractivity contribution in [1.29, 1.82) is 0 Å². The highest BCUT2D eigenvalue weighted by Crippen LogP contribution is 2.52. The number of hydrogen-bond acceptors (Lipinski definition) is 18. The molecule has 298 valence electrons. The van der Waals surface area contributed by atoms with Crippen LogP contribution in [0, 0.1) is 11.8 Å². The molecule has 4 heterocycles. The molecule has 4 aliphatic heterocycles. The Hall–Kier alpha value is -3.82. The van der Waals surface area contributed by atoms with Crippen molar-refractivity contribution in [2.45, 2.75) is 87.5 Å². The van der Waals surface area contributed by atoms with Crippen molar-refractivity contribution in [3.63, 3.8) is 0 Å². The number of methoxy groups -OCH3 is 2. The molecule has 0 spiro atoms. The summed E-state index contributed by atoms with van der Waals surface area (Å²) < 4.78 is 56.7. The Bertz CT molecular complexity index is 1500. The third-order valence-electron chi connectivity index (χ3n) is 10.0. The summed E-state index contributed by atoms with van der Waals surface area (Å²) in [6, 6.07) is 10.2. The van der Waals surface area contributed by atoms with Crippen LogP contribution in [0.2, 0.25) is 0 Å². The SMILES string of the molecule is COc1cc(C2OCC3C(c4ccc(O[C@@H]5O[C@H](COC(C)=O)[C@@H](O)[C@H](O)[C@H]5O)c(OC)c4)OCC23)ccc1O[C@@H]1O[C@H](COC(C)=O)[C@@H](O)[C@H](O)[C@H]1O. The number of rotatable bonds is 12. The minimum absolute atomic E-state index is 0.0524. The lowest BCUT2D eigenvalue weighted by Gasteiger charge is -2.40. The van der Waals surface area contributed by atoms with E-state index in [0.29, 0.717) is 13.2 Å². The molecular weight excluding hydrogens is 720 g/mol. The second kappa shape index (κ2) is 16.9. The molecule has 2 aromatic rings. The smallest absolute Gasteiger partial charge is 0.302 e. The van der Waals surface area contributed by atoms with Gasteiger partial charge in [-0.15, -0.1) is 0 Å². The number of esters is 2. The molecule has 0 aliphatic carbocycles. The fourth-order valence-corrected chi connectivity index (χ4v) is 7.10. The van der Waals surface area contributed by atoms with Gasteiger partial charge in [0.1, 0.15) is 62.0 Å². The molecule has 18 nitrogen and oxygen atoms in total. The molecule has 4 fully saturated rings. The van der Waals surface area contributed by atoms with Crippen molar-refractivity contribution in [2.75, 3.05) is 40.6 Å². The van der Waals surface area contributed by atoms with Gasteiger partial charge in [-0.2, -0.15) is 0 Å². The van der Waals surface area contributed by atoms with Gasteiger partial charge < -0.3 is 78.0 Å². The zero-order valence-corrected chi connectivity index (χ0v) is 30.0. The molecule has 0 bridgehead atoms. The van der Waals surface area contributed by atoms with E-state index in [1.807, 2.05) is 0 Å². The highest BCUT2D eigenvalue weighted by molar-refractivity contribution is 5.66. The quantitative estimate of drug-likeness (QED) is 0.146. The molecule has 4 unspecified atom stereocenters. The number of benzene rings is 2. The van der Waals surface area contributed by atoms with Crippen LogP contribution in [-0.4, -0.2) is 145 Å². The zero-order valence-electron chi connectivity index (χ0n) is 30.0. The molecule has 4 saturated heterocycles. The van der Waals surface area contributed by atoms with Crippen molar-refractivity contribution >= 4 is 11.9 Å². The van der Waals surface area contributed by atoms with Crippen LogP contribution in [0.1, 0.15) is 37.2 Å². The molecule has 2 aromatic carbocycles. The second-order valence-electron chi connectivity index (χ2n) is 13.5. The van der Waals surface area contributed by atoms with Gasteiger partial charge in [0.2, 0.25) is 12.6 Å². The number of carbonyl (C=O) groups excluding carboxylic acids is 2. The molecular formula is C36H46O18. The fourth-order valence-electron chi connectivity index (χ4n) is 7.10. The summed E-state index contributed by atoms with van der Waals surface area (Å²) >= 11 is 0. The van der Waals surface area contributed by atoms with Gasteiger partial charge in [-0.3, -0.25) is 9.59 Å². The molecule has 4 aliphatic rings. The standard InChI is InChI=1S/C36H46O18/c1-15(37)47-13-25-27(39)29(41)31(43)35(53-25)51-21-7-5-17(9-23(21)45-3)33-19-11-50-34(20(19)12-49-33)18-6-8-22(24(10-18)46-4)52-36-32(44)30(42)28(40)26(54-36)14-48-16(2)38/h5-10,19-20,25-36,39-44H,11-14H2,1-4H3/t19?,20?,25-,26-,27-,28-,29+,30+,31-,32-,33?,34?,35-,36-/m1/s1. The van der Waals surface area contributed by atoms with Crippen LogP contribution in [0.15, 0.2) is 36.4 Å². The van der Waals surface area contributed by atoms with Crippen LogP contribution in [-0.2, 0) is 38.0 Å². The summed E-state index contributed by atoms with van der Waals surface area (Å²) in [4.78, 5) is 22.6. The second-order valence-corrected chi connectivity index (χ2v) is 13.5. The number of aliphatic hydroxyl groups excluding tert-OH is 6. The first-order chi connectivity index (χ1) is 25.8. The third kappa shape index (κ3) is 8.23. The fraction of sp³-hybridized carbons (Fsp3) is 0.611. The predicted octanol–water partition coefficient (Wildman–Crippen LogP) is -0.722. The van der Waals surface area contributed by atoms with Gasteiger partial charge in [0.05, 0.1) is 39.6 Å². The maximum atomic E-state index is 11.3. The Balaban J connectivity index is 1.12. The Morgan fingerprint density at radius 3 is 1.33 bits per heavy atom. The summed E-state index contributed by atoms with van der Waals surface area (Å²) in [5.74, 6) is -0.380. The van der Waals surface area contributed by atoms with E-state index in [4.69, 9.17) is 47.4 Å². The van der Waals surface area contributed by atoms with Gasteiger partial charge in [0.15, 0.2) is 23.0 Å². The molecule has 6 N–H and O–H groups in total. The van der Waals surface area contributed by atoms with Crippen molar-refractivity contribution in [3.8, 4) is 23.0 Å². The van der Waals surface area contributed by atoms with Crippen molar-refractivity contribution in [1.82, 2.24) is 0 Å². The molecule has 0 amide bonds. The summed E-state index contributed by atoms with van der Waals surface area (Å²) in [6.07, 6.45) is -15.4. The summed E-state index contributed by atoms with van der Waals surface area (Å²) in [5.41, 5.74) is 1.55. The Morgan fingerprint density at radius 2 is 0.981 bits per heavy atom. The molecule has 6 rings (SSSR count). The van der Waals surface area contributed by atoms with Crippen LogP contribution in [0.25, 0.3) is 0 Å². The number of hydrogen-bond donors (Lipinski definition) is 6. The van der Waals surface area contributed by atoms with E-state index in [-0.39, 0.29) is 60.3 Å². The molecule has 0 aromatic heterocycles. The first-order valence-electron chi connectivity index (χ1n) is 17.4. The van der Waals surface area contributed by atoms with Crippen LogP contribution in [0.3, 0.4) is 0 Å². The number of ether oxygens (including phenoxy) is 10. The van der Waals surface area contributed by atoms with E-state index in [9.17, 15) is 40.2 Å². The Labute approximate surface area is 309 Å². The molecule has 0 saturated carbocycles. The van der Waals surface area contributed by atoms with Crippen molar-refractivity contribution in [2.24, 2.45) is 11.8 Å². The summed E-state index contributed by atoms with van der Waals surface area (Å²) in [6.45, 7) is 2.41. The van der Waals surface area contributed by atoms with E-state index in [1.54, 1.807) is 36.4 Å². The van der Waals surface area contributed by atoms with Crippen molar-refractivity contribution in [3.05, 3.63) is 47.5 Å². The average Bonchev–Trinajstić information content (AvgIpc) is 3.77. The van der Waals surface area contributed by atoms with E-state index < -0.39 is 73.4 Å². The van der Waals surface area contributed by atoms with Gasteiger partial charge >= 0.3 is 11.9 Å². The maximum absolute atomic E-state index is 11.3. The van der Waals surface area contributed by atoms with Gasteiger partial charge in [0, 0.05) is 25.7 Å². The number of fused-ring (bicyclic) bond motifs is 1. The van der Waals surface area contributed by atoms with Gasteiger partial charge in [0.25, 0.3) is 0 Å². The highest BCUT2D eigenvalue weighted by atomic mass is 16.7. The Kier molecular flexibility index (Phi) is 12.5. The maximum Gasteiger partial charge on any atom is 0.302 e. The summed E-state index contributed by atoms with van der Waals surface area (Å²) in [7, 11) is 2.88. The monoisotopic (exact) mass is 766 g/mol. The minimum Gasteiger partial charge on any atom is -0.493 e. The lowest BCUT2D eigenvalue weighted by Crippen LogP contribution is -2.60. The van der Waals surface area contributed by atoms with E-state index >= 15 is 0 Å². The van der Waals surface area contributed by atoms with Crippen LogP contribution in [0.5, 0.6) is 23.0 Å². The topological polar surface area (TPSA) is 248 Å². The number of aliphatic hydroxyl groups is 6.